The molecule has 0 unspecified atom stereocenters. The molecule has 126 valence electrons. The van der Waals surface area contributed by atoms with Crippen molar-refractivity contribution in [1.29, 1.82) is 0 Å². The second-order valence-electron chi connectivity index (χ2n) is 5.94. The highest BCUT2D eigenvalue weighted by atomic mass is 16.4. The Hall–Kier alpha value is -2.67. The van der Waals surface area contributed by atoms with Gasteiger partial charge in [0.25, 0.3) is 0 Å². The van der Waals surface area contributed by atoms with Gasteiger partial charge in [0.2, 0.25) is 5.91 Å². The fourth-order valence-electron chi connectivity index (χ4n) is 2.81. The highest BCUT2D eigenvalue weighted by molar-refractivity contribution is 5.84. The Morgan fingerprint density at radius 3 is 2.67 bits per heavy atom. The van der Waals surface area contributed by atoms with Gasteiger partial charge in [-0.2, -0.15) is 5.10 Å². The van der Waals surface area contributed by atoms with Crippen LogP contribution in [0.3, 0.4) is 0 Å². The molecule has 3 N–H and O–H groups in total. The number of rotatable bonds is 6. The average Bonchev–Trinajstić information content (AvgIpc) is 3.23. The van der Waals surface area contributed by atoms with Gasteiger partial charge in [-0.05, 0) is 18.4 Å². The van der Waals surface area contributed by atoms with Crippen LogP contribution in [0.1, 0.15) is 24.0 Å². The Morgan fingerprint density at radius 2 is 1.96 bits per heavy atom. The van der Waals surface area contributed by atoms with Crippen LogP contribution >= 0.6 is 0 Å². The maximum absolute atomic E-state index is 12.1. The first kappa shape index (κ1) is 16.2. The molecule has 2 heterocycles. The Balaban J connectivity index is 1.49. The molecule has 1 amide bonds. The van der Waals surface area contributed by atoms with E-state index in [2.05, 4.69) is 15.7 Å². The predicted octanol–water partition coefficient (Wildman–Crippen LogP) is 0.753. The van der Waals surface area contributed by atoms with E-state index in [1.807, 2.05) is 41.2 Å². The summed E-state index contributed by atoms with van der Waals surface area (Å²) in [7, 11) is 0. The maximum atomic E-state index is 12.1. The Labute approximate surface area is 139 Å². The molecule has 24 heavy (non-hydrogen) atoms. The quantitative estimate of drug-likeness (QED) is 0.727. The van der Waals surface area contributed by atoms with Gasteiger partial charge < -0.3 is 10.4 Å². The van der Waals surface area contributed by atoms with Gasteiger partial charge in [0.15, 0.2) is 0 Å². The first-order valence-corrected chi connectivity index (χ1v) is 7.93. The van der Waals surface area contributed by atoms with Crippen molar-refractivity contribution in [2.45, 2.75) is 38.0 Å². The van der Waals surface area contributed by atoms with Crippen LogP contribution in [0.5, 0.6) is 0 Å². The van der Waals surface area contributed by atoms with E-state index in [1.54, 1.807) is 6.20 Å². The molecular weight excluding hydrogens is 308 g/mol. The molecule has 3 rings (SSSR count). The standard InChI is InChI=1S/C17H20N4O3/c22-16(14-6-7-15(20-14)17(23)24)18-8-13-9-19-21(11-13)10-12-4-2-1-3-5-12/h1-5,9,11,14-15,20H,6-8,10H2,(H,18,22)(H,23,24)/t14-,15+/m1/s1. The number of nitrogens with one attached hydrogen (secondary N) is 2. The lowest BCUT2D eigenvalue weighted by molar-refractivity contribution is -0.139. The minimum Gasteiger partial charge on any atom is -0.480 e. The smallest absolute Gasteiger partial charge is 0.320 e. The number of carboxylic acids is 1. The second-order valence-corrected chi connectivity index (χ2v) is 5.94. The molecule has 2 atom stereocenters. The highest BCUT2D eigenvalue weighted by Crippen LogP contribution is 2.13. The molecule has 0 saturated carbocycles. The molecule has 0 spiro atoms. The Bertz CT molecular complexity index is 714. The molecule has 1 fully saturated rings. The molecule has 1 saturated heterocycles. The fraction of sp³-hybridized carbons (Fsp3) is 0.353. The summed E-state index contributed by atoms with van der Waals surface area (Å²) in [4.78, 5) is 23.0. The van der Waals surface area contributed by atoms with Crippen LogP contribution in [-0.4, -0.2) is 38.8 Å². The van der Waals surface area contributed by atoms with Crippen molar-refractivity contribution in [2.24, 2.45) is 0 Å². The molecule has 0 radical (unpaired) electrons. The van der Waals surface area contributed by atoms with Crippen LogP contribution in [0, 0.1) is 0 Å². The number of carbonyl (C=O) groups is 2. The van der Waals surface area contributed by atoms with E-state index in [0.717, 1.165) is 11.1 Å². The van der Waals surface area contributed by atoms with E-state index < -0.39 is 18.1 Å². The third kappa shape index (κ3) is 3.99. The predicted molar refractivity (Wildman–Crippen MR) is 87.2 cm³/mol. The third-order valence-corrected chi connectivity index (χ3v) is 4.10. The summed E-state index contributed by atoms with van der Waals surface area (Å²) in [5.74, 6) is -1.08. The second kappa shape index (κ2) is 7.27. The lowest BCUT2D eigenvalue weighted by Gasteiger charge is -2.11. The van der Waals surface area contributed by atoms with Gasteiger partial charge >= 0.3 is 5.97 Å². The molecule has 7 nitrogen and oxygen atoms in total. The number of nitrogens with zero attached hydrogens (tertiary/aromatic N) is 2. The first-order chi connectivity index (χ1) is 11.6. The van der Waals surface area contributed by atoms with E-state index in [1.165, 1.54) is 0 Å². The largest absolute Gasteiger partial charge is 0.480 e. The van der Waals surface area contributed by atoms with E-state index in [-0.39, 0.29) is 5.91 Å². The van der Waals surface area contributed by atoms with Crippen molar-refractivity contribution >= 4 is 11.9 Å². The van der Waals surface area contributed by atoms with Gasteiger partial charge in [0, 0.05) is 18.3 Å². The van der Waals surface area contributed by atoms with E-state index in [9.17, 15) is 9.59 Å². The lowest BCUT2D eigenvalue weighted by atomic mass is 10.2. The minimum absolute atomic E-state index is 0.172. The van der Waals surface area contributed by atoms with Gasteiger partial charge in [0.1, 0.15) is 6.04 Å². The highest BCUT2D eigenvalue weighted by Gasteiger charge is 2.32. The Kier molecular flexibility index (Phi) is 4.90. The maximum Gasteiger partial charge on any atom is 0.320 e. The number of aliphatic carboxylic acids is 1. The summed E-state index contributed by atoms with van der Waals surface area (Å²) in [6.45, 7) is 1.06. The lowest BCUT2D eigenvalue weighted by Crippen LogP contribution is -2.44. The number of hydrogen-bond acceptors (Lipinski definition) is 4. The number of carboxylic acid groups (broad SMARTS) is 1. The van der Waals surface area contributed by atoms with Crippen LogP contribution in [0.2, 0.25) is 0 Å². The average molecular weight is 328 g/mol. The monoisotopic (exact) mass is 328 g/mol. The SMILES string of the molecule is O=C(O)[C@@H]1CC[C@H](C(=O)NCc2cnn(Cc3ccccc3)c2)N1. The van der Waals surface area contributed by atoms with Crippen molar-refractivity contribution in [3.05, 3.63) is 53.9 Å². The molecule has 1 aliphatic rings. The van der Waals surface area contributed by atoms with Gasteiger partial charge in [-0.3, -0.25) is 19.6 Å². The molecule has 1 aromatic carbocycles. The molecular formula is C17H20N4O3. The van der Waals surface area contributed by atoms with Crippen LogP contribution in [0.25, 0.3) is 0 Å². The zero-order chi connectivity index (χ0) is 16.9. The minimum atomic E-state index is -0.910. The number of aromatic nitrogens is 2. The normalized spacial score (nSPS) is 20.0. The summed E-state index contributed by atoms with van der Waals surface area (Å²) in [6.07, 6.45) is 4.64. The van der Waals surface area contributed by atoms with Crippen LogP contribution < -0.4 is 10.6 Å². The summed E-state index contributed by atoms with van der Waals surface area (Å²) in [6, 6.07) is 8.94. The van der Waals surface area contributed by atoms with Gasteiger partial charge in [-0.25, -0.2) is 0 Å². The van der Waals surface area contributed by atoms with Crippen molar-refractivity contribution in [2.75, 3.05) is 0 Å². The van der Waals surface area contributed by atoms with Gasteiger partial charge in [-0.15, -0.1) is 0 Å². The molecule has 7 heteroatoms. The summed E-state index contributed by atoms with van der Waals surface area (Å²) >= 11 is 0. The van der Waals surface area contributed by atoms with Crippen LogP contribution in [-0.2, 0) is 22.7 Å². The van der Waals surface area contributed by atoms with E-state index >= 15 is 0 Å². The summed E-state index contributed by atoms with van der Waals surface area (Å²) in [5.41, 5.74) is 2.07. The third-order valence-electron chi connectivity index (χ3n) is 4.10. The zero-order valence-electron chi connectivity index (χ0n) is 13.2. The van der Waals surface area contributed by atoms with Gasteiger partial charge in [0.05, 0.1) is 18.8 Å². The van der Waals surface area contributed by atoms with E-state index in [0.29, 0.717) is 25.9 Å². The summed E-state index contributed by atoms with van der Waals surface area (Å²) < 4.78 is 1.82. The van der Waals surface area contributed by atoms with E-state index in [4.69, 9.17) is 5.11 Å². The van der Waals surface area contributed by atoms with Crippen molar-refractivity contribution < 1.29 is 14.7 Å². The topological polar surface area (TPSA) is 96.2 Å². The zero-order valence-corrected chi connectivity index (χ0v) is 13.2. The molecule has 0 bridgehead atoms. The van der Waals surface area contributed by atoms with Crippen molar-refractivity contribution in [3.63, 3.8) is 0 Å². The molecule has 1 aliphatic heterocycles. The summed E-state index contributed by atoms with van der Waals surface area (Å²) in [5, 5.41) is 18.9. The number of benzene rings is 1. The molecule has 2 aromatic rings. The van der Waals surface area contributed by atoms with Crippen molar-refractivity contribution in [3.8, 4) is 0 Å². The number of hydrogen-bond donors (Lipinski definition) is 3. The molecule has 1 aromatic heterocycles. The molecule has 0 aliphatic carbocycles. The number of carbonyl (C=O) groups excluding carboxylic acids is 1. The fourth-order valence-corrected chi connectivity index (χ4v) is 2.81. The first-order valence-electron chi connectivity index (χ1n) is 7.93. The Morgan fingerprint density at radius 1 is 1.21 bits per heavy atom. The van der Waals surface area contributed by atoms with Gasteiger partial charge in [-0.1, -0.05) is 30.3 Å². The van der Waals surface area contributed by atoms with Crippen molar-refractivity contribution in [1.82, 2.24) is 20.4 Å². The van der Waals surface area contributed by atoms with Crippen LogP contribution in [0.15, 0.2) is 42.7 Å². The number of amides is 1. The van der Waals surface area contributed by atoms with Crippen LogP contribution in [0.4, 0.5) is 0 Å².